The molecular weight excluding hydrogens is 158 g/mol. The Balaban J connectivity index is 3.78. The van der Waals surface area contributed by atoms with Crippen LogP contribution in [0.4, 0.5) is 0 Å². The summed E-state index contributed by atoms with van der Waals surface area (Å²) in [6.45, 7) is 2.32. The van der Waals surface area contributed by atoms with Crippen molar-refractivity contribution in [2.24, 2.45) is 5.73 Å². The third-order valence-electron chi connectivity index (χ3n) is 1.37. The summed E-state index contributed by atoms with van der Waals surface area (Å²) in [6, 6.07) is -0.745. The second-order valence-corrected chi connectivity index (χ2v) is 2.38. The summed E-state index contributed by atoms with van der Waals surface area (Å²) in [6.07, 6.45) is 0.0301. The normalized spacial score (nSPS) is 11.9. The molecule has 0 aromatic rings. The third-order valence-corrected chi connectivity index (χ3v) is 1.37. The van der Waals surface area contributed by atoms with Crippen molar-refractivity contribution in [3.63, 3.8) is 0 Å². The number of hydrogen-bond donors (Lipinski definition) is 3. The first-order valence-electron chi connectivity index (χ1n) is 3.85. The van der Waals surface area contributed by atoms with Crippen molar-refractivity contribution in [1.29, 1.82) is 0 Å². The highest BCUT2D eigenvalue weighted by molar-refractivity contribution is 5.87. The van der Waals surface area contributed by atoms with Crippen molar-refractivity contribution < 1.29 is 9.59 Å². The van der Waals surface area contributed by atoms with E-state index in [0.29, 0.717) is 6.54 Å². The molecule has 0 spiro atoms. The SMILES string of the molecule is CCNC(=O)C(N)CC(=O)NC. The number of carbonyl (C=O) groups is 2. The van der Waals surface area contributed by atoms with Gasteiger partial charge in [-0.05, 0) is 6.92 Å². The smallest absolute Gasteiger partial charge is 0.237 e. The largest absolute Gasteiger partial charge is 0.359 e. The fourth-order valence-corrected chi connectivity index (χ4v) is 0.700. The van der Waals surface area contributed by atoms with Crippen LogP contribution in [0.3, 0.4) is 0 Å². The fourth-order valence-electron chi connectivity index (χ4n) is 0.700. The van der Waals surface area contributed by atoms with Gasteiger partial charge in [0.25, 0.3) is 0 Å². The highest BCUT2D eigenvalue weighted by Crippen LogP contribution is 1.87. The van der Waals surface area contributed by atoms with E-state index in [-0.39, 0.29) is 18.2 Å². The number of nitrogens with two attached hydrogens (primary N) is 1. The van der Waals surface area contributed by atoms with Crippen molar-refractivity contribution in [1.82, 2.24) is 10.6 Å². The molecule has 0 aromatic heterocycles. The topological polar surface area (TPSA) is 84.2 Å². The van der Waals surface area contributed by atoms with Crippen LogP contribution in [0.1, 0.15) is 13.3 Å². The minimum Gasteiger partial charge on any atom is -0.359 e. The summed E-state index contributed by atoms with van der Waals surface area (Å²) in [5, 5.41) is 4.92. The molecule has 0 aliphatic carbocycles. The van der Waals surface area contributed by atoms with Gasteiger partial charge in [-0.3, -0.25) is 9.59 Å². The number of nitrogens with one attached hydrogen (secondary N) is 2. The molecule has 5 heteroatoms. The summed E-state index contributed by atoms with van der Waals surface area (Å²) < 4.78 is 0. The lowest BCUT2D eigenvalue weighted by Crippen LogP contribution is -2.43. The van der Waals surface area contributed by atoms with Crippen LogP contribution < -0.4 is 16.4 Å². The molecule has 0 bridgehead atoms. The van der Waals surface area contributed by atoms with Gasteiger partial charge in [-0.2, -0.15) is 0 Å². The monoisotopic (exact) mass is 173 g/mol. The van der Waals surface area contributed by atoms with Crippen LogP contribution in [0, 0.1) is 0 Å². The van der Waals surface area contributed by atoms with Crippen molar-refractivity contribution >= 4 is 11.8 Å². The Hall–Kier alpha value is -1.10. The van der Waals surface area contributed by atoms with Crippen molar-refractivity contribution in [2.75, 3.05) is 13.6 Å². The number of likely N-dealkylation sites (N-methyl/N-ethyl adjacent to an activating group) is 1. The molecule has 0 aliphatic rings. The average Bonchev–Trinajstić information content (AvgIpc) is 2.04. The lowest BCUT2D eigenvalue weighted by Gasteiger charge is -2.09. The molecule has 12 heavy (non-hydrogen) atoms. The molecule has 0 rings (SSSR count). The predicted octanol–water partition coefficient (Wildman–Crippen LogP) is -1.41. The Morgan fingerprint density at radius 1 is 1.50 bits per heavy atom. The number of hydrogen-bond acceptors (Lipinski definition) is 3. The predicted molar refractivity (Wildman–Crippen MR) is 45.3 cm³/mol. The van der Waals surface area contributed by atoms with Crippen molar-refractivity contribution in [3.8, 4) is 0 Å². The molecule has 2 amide bonds. The first kappa shape index (κ1) is 10.9. The van der Waals surface area contributed by atoms with Crippen LogP contribution in [-0.2, 0) is 9.59 Å². The molecule has 0 heterocycles. The van der Waals surface area contributed by atoms with Crippen LogP contribution in [0.25, 0.3) is 0 Å². The minimum atomic E-state index is -0.745. The Kier molecular flexibility index (Phi) is 5.03. The summed E-state index contributed by atoms with van der Waals surface area (Å²) in [5.74, 6) is -0.519. The first-order valence-corrected chi connectivity index (χ1v) is 3.85. The summed E-state index contributed by atoms with van der Waals surface area (Å²) in [7, 11) is 1.51. The molecular formula is C7H15N3O2. The second-order valence-electron chi connectivity index (χ2n) is 2.38. The van der Waals surface area contributed by atoms with Crippen LogP contribution in [0.2, 0.25) is 0 Å². The molecule has 1 unspecified atom stereocenters. The van der Waals surface area contributed by atoms with Crippen LogP contribution in [0.5, 0.6) is 0 Å². The maximum absolute atomic E-state index is 11.0. The number of rotatable bonds is 4. The number of carbonyl (C=O) groups excluding carboxylic acids is 2. The zero-order chi connectivity index (χ0) is 9.56. The molecule has 0 aliphatic heterocycles. The van der Waals surface area contributed by atoms with Gasteiger partial charge in [0.05, 0.1) is 12.5 Å². The van der Waals surface area contributed by atoms with Gasteiger partial charge in [0.2, 0.25) is 11.8 Å². The van der Waals surface area contributed by atoms with Gasteiger partial charge < -0.3 is 16.4 Å². The minimum absolute atomic E-state index is 0.0301. The zero-order valence-electron chi connectivity index (χ0n) is 7.39. The van der Waals surface area contributed by atoms with Crippen LogP contribution in [0.15, 0.2) is 0 Å². The van der Waals surface area contributed by atoms with Crippen molar-refractivity contribution in [3.05, 3.63) is 0 Å². The highest BCUT2D eigenvalue weighted by atomic mass is 16.2. The first-order chi connectivity index (χ1) is 5.61. The molecule has 70 valence electrons. The quantitative estimate of drug-likeness (QED) is 0.488. The van der Waals surface area contributed by atoms with E-state index in [2.05, 4.69) is 10.6 Å². The molecule has 0 aromatic carbocycles. The van der Waals surface area contributed by atoms with Crippen molar-refractivity contribution in [2.45, 2.75) is 19.4 Å². The van der Waals surface area contributed by atoms with Gasteiger partial charge in [0.15, 0.2) is 0 Å². The van der Waals surface area contributed by atoms with Gasteiger partial charge in [-0.1, -0.05) is 0 Å². The molecule has 5 nitrogen and oxygen atoms in total. The Labute approximate surface area is 71.7 Å². The molecule has 0 fully saturated rings. The van der Waals surface area contributed by atoms with Crippen LogP contribution in [-0.4, -0.2) is 31.4 Å². The summed E-state index contributed by atoms with van der Waals surface area (Å²) >= 11 is 0. The molecule has 1 atom stereocenters. The second kappa shape index (κ2) is 5.54. The molecule has 0 saturated carbocycles. The lowest BCUT2D eigenvalue weighted by atomic mass is 10.2. The van der Waals surface area contributed by atoms with E-state index >= 15 is 0 Å². The summed E-state index contributed by atoms with van der Waals surface area (Å²) in [5.41, 5.74) is 5.41. The van der Waals surface area contributed by atoms with Gasteiger partial charge in [-0.15, -0.1) is 0 Å². The van der Waals surface area contributed by atoms with E-state index in [1.807, 2.05) is 0 Å². The van der Waals surface area contributed by atoms with E-state index in [1.165, 1.54) is 7.05 Å². The maximum Gasteiger partial charge on any atom is 0.237 e. The van der Waals surface area contributed by atoms with E-state index in [1.54, 1.807) is 6.92 Å². The van der Waals surface area contributed by atoms with Gasteiger partial charge >= 0.3 is 0 Å². The van der Waals surface area contributed by atoms with E-state index in [9.17, 15) is 9.59 Å². The Morgan fingerprint density at radius 3 is 2.50 bits per heavy atom. The van der Waals surface area contributed by atoms with Gasteiger partial charge in [0, 0.05) is 13.6 Å². The third kappa shape index (κ3) is 3.92. The van der Waals surface area contributed by atoms with Gasteiger partial charge in [-0.25, -0.2) is 0 Å². The van der Waals surface area contributed by atoms with Gasteiger partial charge in [0.1, 0.15) is 0 Å². The molecule has 0 saturated heterocycles. The highest BCUT2D eigenvalue weighted by Gasteiger charge is 2.15. The van der Waals surface area contributed by atoms with Crippen LogP contribution >= 0.6 is 0 Å². The standard InChI is InChI=1S/C7H15N3O2/c1-3-10-7(12)5(8)4-6(11)9-2/h5H,3-4,8H2,1-2H3,(H,9,11)(H,10,12). The summed E-state index contributed by atoms with van der Waals surface area (Å²) in [4.78, 5) is 21.7. The molecule has 4 N–H and O–H groups in total. The Bertz CT molecular complexity index is 170. The molecule has 0 radical (unpaired) electrons. The van der Waals surface area contributed by atoms with E-state index in [4.69, 9.17) is 5.73 Å². The Morgan fingerprint density at radius 2 is 2.08 bits per heavy atom. The number of amides is 2. The lowest BCUT2D eigenvalue weighted by molar-refractivity contribution is -0.127. The maximum atomic E-state index is 11.0. The fraction of sp³-hybridized carbons (Fsp3) is 0.714. The average molecular weight is 173 g/mol. The van der Waals surface area contributed by atoms with E-state index in [0.717, 1.165) is 0 Å². The zero-order valence-corrected chi connectivity index (χ0v) is 7.39. The van der Waals surface area contributed by atoms with E-state index < -0.39 is 6.04 Å².